The third kappa shape index (κ3) is 3.42. The molecule has 1 aromatic rings. The number of sulfone groups is 1. The van der Waals surface area contributed by atoms with Gasteiger partial charge >= 0.3 is 0 Å². The summed E-state index contributed by atoms with van der Waals surface area (Å²) in [6.45, 7) is 0. The monoisotopic (exact) mass is 444 g/mol. The van der Waals surface area contributed by atoms with Crippen molar-refractivity contribution >= 4 is 57.4 Å². The Morgan fingerprint density at radius 1 is 1.25 bits per heavy atom. The fourth-order valence-electron chi connectivity index (χ4n) is 1.74. The van der Waals surface area contributed by atoms with Gasteiger partial charge in [-0.05, 0) is 44.0 Å². The van der Waals surface area contributed by atoms with Crippen molar-refractivity contribution in [3.8, 4) is 0 Å². The summed E-state index contributed by atoms with van der Waals surface area (Å²) >= 11 is 6.28. The number of nitrogens with one attached hydrogen (secondary N) is 1. The van der Waals surface area contributed by atoms with Crippen LogP contribution in [0.3, 0.4) is 0 Å². The molecule has 1 heterocycles. The van der Waals surface area contributed by atoms with Crippen LogP contribution >= 0.6 is 31.9 Å². The second kappa shape index (κ2) is 5.41. The zero-order valence-corrected chi connectivity index (χ0v) is 14.7. The van der Waals surface area contributed by atoms with Crippen molar-refractivity contribution in [1.82, 2.24) is 4.72 Å². The lowest BCUT2D eigenvalue weighted by molar-refractivity contribution is 0.574. The van der Waals surface area contributed by atoms with Gasteiger partial charge in [0.1, 0.15) is 4.90 Å². The summed E-state index contributed by atoms with van der Waals surface area (Å²) in [5.41, 5.74) is 6.00. The maximum Gasteiger partial charge on any atom is 0.243 e. The quantitative estimate of drug-likeness (QED) is 0.683. The Hall–Kier alpha value is -0.420. The Kier molecular flexibility index (Phi) is 4.32. The van der Waals surface area contributed by atoms with Crippen LogP contribution in [0.2, 0.25) is 0 Å². The van der Waals surface area contributed by atoms with Gasteiger partial charge in [0.25, 0.3) is 0 Å². The Morgan fingerprint density at radius 3 is 2.25 bits per heavy atom. The second-order valence-corrected chi connectivity index (χ2v) is 9.49. The molecule has 0 saturated carbocycles. The van der Waals surface area contributed by atoms with Gasteiger partial charge in [-0.15, -0.1) is 0 Å². The number of hydrogen-bond acceptors (Lipinski definition) is 5. The van der Waals surface area contributed by atoms with Crippen LogP contribution in [-0.2, 0) is 19.9 Å². The highest BCUT2D eigenvalue weighted by molar-refractivity contribution is 9.11. The van der Waals surface area contributed by atoms with Crippen molar-refractivity contribution in [2.45, 2.75) is 10.9 Å². The zero-order valence-electron chi connectivity index (χ0n) is 9.88. The Balaban J connectivity index is 2.36. The van der Waals surface area contributed by atoms with Crippen molar-refractivity contribution in [2.75, 3.05) is 11.5 Å². The maximum absolute atomic E-state index is 12.3. The molecule has 1 aliphatic heterocycles. The summed E-state index contributed by atoms with van der Waals surface area (Å²) in [6.07, 6.45) is 1.31. The predicted octanol–water partition coefficient (Wildman–Crippen LogP) is 1.38. The lowest BCUT2D eigenvalue weighted by atomic mass is 10.3. The predicted molar refractivity (Wildman–Crippen MR) is 83.3 cm³/mol. The van der Waals surface area contributed by atoms with Crippen molar-refractivity contribution in [3.05, 3.63) is 32.6 Å². The minimum Gasteiger partial charge on any atom is -0.399 e. The molecule has 0 saturated heterocycles. The molecule has 6 nitrogen and oxygen atoms in total. The van der Waals surface area contributed by atoms with E-state index in [4.69, 9.17) is 5.73 Å². The topological polar surface area (TPSA) is 106 Å². The van der Waals surface area contributed by atoms with E-state index in [2.05, 4.69) is 36.6 Å². The second-order valence-electron chi connectivity index (χ2n) is 4.20. The largest absolute Gasteiger partial charge is 0.399 e. The van der Waals surface area contributed by atoms with Crippen LogP contribution in [0.1, 0.15) is 0 Å². The first-order valence-electron chi connectivity index (χ1n) is 5.28. The van der Waals surface area contributed by atoms with Crippen LogP contribution < -0.4 is 10.5 Å². The highest BCUT2D eigenvalue weighted by Gasteiger charge is 2.29. The fourth-order valence-corrected chi connectivity index (χ4v) is 6.89. The van der Waals surface area contributed by atoms with Crippen molar-refractivity contribution in [2.24, 2.45) is 0 Å². The number of nitrogens with two attached hydrogens (primary N) is 1. The summed E-state index contributed by atoms with van der Waals surface area (Å²) < 4.78 is 50.1. The van der Waals surface area contributed by atoms with Gasteiger partial charge < -0.3 is 5.73 Å². The Labute approximate surface area is 133 Å². The molecule has 0 amide bonds. The molecule has 2 rings (SSSR count). The molecule has 110 valence electrons. The number of nitrogen functional groups attached to an aromatic ring is 1. The number of sulfonamides is 1. The molecule has 3 N–H and O–H groups in total. The summed E-state index contributed by atoms with van der Waals surface area (Å²) in [5.74, 6) is -0.281. The summed E-state index contributed by atoms with van der Waals surface area (Å²) in [7, 11) is -7.21. The average molecular weight is 446 g/mol. The first kappa shape index (κ1) is 16.0. The van der Waals surface area contributed by atoms with Gasteiger partial charge in [-0.2, -0.15) is 0 Å². The van der Waals surface area contributed by atoms with Crippen LogP contribution in [0.5, 0.6) is 0 Å². The molecule has 1 aliphatic rings. The van der Waals surface area contributed by atoms with Crippen molar-refractivity contribution < 1.29 is 16.8 Å². The Morgan fingerprint density at radius 2 is 1.80 bits per heavy atom. The summed E-state index contributed by atoms with van der Waals surface area (Å²) in [6, 6.07) is 2.14. The van der Waals surface area contributed by atoms with Gasteiger partial charge in [0.2, 0.25) is 10.0 Å². The van der Waals surface area contributed by atoms with Gasteiger partial charge in [0.15, 0.2) is 9.84 Å². The average Bonchev–Trinajstić information content (AvgIpc) is 2.54. The van der Waals surface area contributed by atoms with Crippen molar-refractivity contribution in [1.29, 1.82) is 0 Å². The number of benzene rings is 1. The van der Waals surface area contributed by atoms with E-state index in [1.165, 1.54) is 18.2 Å². The number of hydrogen-bond donors (Lipinski definition) is 2. The molecular formula is C10H10Br2N2O4S2. The number of anilines is 1. The van der Waals surface area contributed by atoms with E-state index in [9.17, 15) is 16.8 Å². The fraction of sp³-hybridized carbons (Fsp3) is 0.200. The molecule has 1 atom stereocenters. The van der Waals surface area contributed by atoms with Gasteiger partial charge in [0.05, 0.1) is 11.8 Å². The minimum atomic E-state index is -3.89. The first-order chi connectivity index (χ1) is 9.11. The van der Waals surface area contributed by atoms with Crippen LogP contribution in [0.4, 0.5) is 5.69 Å². The third-order valence-electron chi connectivity index (χ3n) is 2.53. The molecule has 0 bridgehead atoms. The molecule has 0 fully saturated rings. The Bertz CT molecular complexity index is 764. The lowest BCUT2D eigenvalue weighted by Gasteiger charge is -2.14. The molecule has 0 aromatic heterocycles. The molecule has 10 heteroatoms. The van der Waals surface area contributed by atoms with E-state index in [0.29, 0.717) is 14.6 Å². The highest BCUT2D eigenvalue weighted by Crippen LogP contribution is 2.32. The van der Waals surface area contributed by atoms with Gasteiger partial charge in [-0.25, -0.2) is 21.6 Å². The summed E-state index contributed by atoms with van der Waals surface area (Å²) in [4.78, 5) is -0.0237. The summed E-state index contributed by atoms with van der Waals surface area (Å²) in [5, 5.41) is 1.01. The van der Waals surface area contributed by atoms with E-state index in [-0.39, 0.29) is 10.6 Å². The van der Waals surface area contributed by atoms with E-state index >= 15 is 0 Å². The first-order valence-corrected chi connectivity index (χ1v) is 10.1. The van der Waals surface area contributed by atoms with E-state index in [1.807, 2.05) is 0 Å². The normalized spacial score (nSPS) is 21.2. The van der Waals surface area contributed by atoms with E-state index in [1.54, 1.807) is 0 Å². The standard InChI is InChI=1S/C10H10Br2N2O4S2/c11-8-3-6(13)4-9(12)10(8)20(17,18)14-7-1-2-19(15,16)5-7/h1-4,7,14H,5,13H2. The van der Waals surface area contributed by atoms with Gasteiger partial charge in [0, 0.05) is 20.0 Å². The highest BCUT2D eigenvalue weighted by atomic mass is 79.9. The molecule has 0 aliphatic carbocycles. The molecule has 0 spiro atoms. The minimum absolute atomic E-state index is 0.0237. The zero-order chi connectivity index (χ0) is 15.1. The SMILES string of the molecule is Nc1cc(Br)c(S(=O)(=O)NC2C=CS(=O)(=O)C2)c(Br)c1. The number of halogens is 2. The van der Waals surface area contributed by atoms with Gasteiger partial charge in [-0.3, -0.25) is 0 Å². The third-order valence-corrected chi connectivity index (χ3v) is 7.29. The lowest BCUT2D eigenvalue weighted by Crippen LogP contribution is -2.35. The smallest absolute Gasteiger partial charge is 0.243 e. The van der Waals surface area contributed by atoms with Crippen LogP contribution in [0, 0.1) is 0 Å². The van der Waals surface area contributed by atoms with Crippen LogP contribution in [0.15, 0.2) is 37.5 Å². The molecule has 1 aromatic carbocycles. The number of rotatable bonds is 3. The molecule has 1 unspecified atom stereocenters. The molecule has 20 heavy (non-hydrogen) atoms. The molecular weight excluding hydrogens is 436 g/mol. The maximum atomic E-state index is 12.3. The van der Waals surface area contributed by atoms with Gasteiger partial charge in [-0.1, -0.05) is 6.08 Å². The van der Waals surface area contributed by atoms with Crippen molar-refractivity contribution in [3.63, 3.8) is 0 Å². The van der Waals surface area contributed by atoms with Crippen LogP contribution in [-0.4, -0.2) is 28.6 Å². The molecule has 0 radical (unpaired) electrons. The van der Waals surface area contributed by atoms with Crippen LogP contribution in [0.25, 0.3) is 0 Å². The van der Waals surface area contributed by atoms with E-state index < -0.39 is 25.9 Å². The van der Waals surface area contributed by atoms with E-state index in [0.717, 1.165) is 5.41 Å².